The lowest BCUT2D eigenvalue weighted by Gasteiger charge is -2.21. The number of nitrogens with one attached hydrogen (secondary N) is 2. The number of H-pyrrole nitrogens is 1. The van der Waals surface area contributed by atoms with Crippen LogP contribution in [0.25, 0.3) is 10.8 Å². The number of rotatable bonds is 5. The zero-order valence-electron chi connectivity index (χ0n) is 15.8. The second-order valence-corrected chi connectivity index (χ2v) is 6.36. The first-order valence-electron chi connectivity index (χ1n) is 8.95. The first-order valence-corrected chi connectivity index (χ1v) is 8.95. The summed E-state index contributed by atoms with van der Waals surface area (Å²) in [4.78, 5) is 38.3. The standard InChI is InChI=1S/C20H17F3N4O3/c1-2-27(11-16(28)24-15-10-6-5-9-14(15)20(21,22)23)19(30)17-12-7-3-4-8-13(12)18(29)26-25-17/h3-10H,2,11H2,1H3,(H,24,28)(H,26,29). The lowest BCUT2D eigenvalue weighted by Crippen LogP contribution is -2.39. The Kier molecular flexibility index (Phi) is 5.86. The lowest BCUT2D eigenvalue weighted by atomic mass is 10.1. The molecule has 0 aliphatic heterocycles. The van der Waals surface area contributed by atoms with Gasteiger partial charge in [0.05, 0.1) is 16.6 Å². The van der Waals surface area contributed by atoms with E-state index >= 15 is 0 Å². The van der Waals surface area contributed by atoms with Crippen LogP contribution in [0.15, 0.2) is 53.3 Å². The number of aromatic nitrogens is 2. The molecule has 2 aromatic carbocycles. The van der Waals surface area contributed by atoms with Crippen molar-refractivity contribution in [3.63, 3.8) is 0 Å². The van der Waals surface area contributed by atoms with Crippen LogP contribution in [0.5, 0.6) is 0 Å². The van der Waals surface area contributed by atoms with E-state index in [1.54, 1.807) is 25.1 Å². The van der Waals surface area contributed by atoms with Crippen LogP contribution in [-0.2, 0) is 11.0 Å². The molecule has 0 radical (unpaired) electrons. The van der Waals surface area contributed by atoms with Crippen molar-refractivity contribution in [2.45, 2.75) is 13.1 Å². The number of alkyl halides is 3. The molecule has 1 aromatic heterocycles. The fourth-order valence-corrected chi connectivity index (χ4v) is 2.96. The number of halogens is 3. The second kappa shape index (κ2) is 8.36. The monoisotopic (exact) mass is 418 g/mol. The molecule has 0 atom stereocenters. The number of carbonyl (C=O) groups is 2. The number of anilines is 1. The molecule has 2 amide bonds. The summed E-state index contributed by atoms with van der Waals surface area (Å²) in [5.41, 5.74) is -1.91. The summed E-state index contributed by atoms with van der Waals surface area (Å²) < 4.78 is 39.3. The molecule has 0 spiro atoms. The Hall–Kier alpha value is -3.69. The van der Waals surface area contributed by atoms with Crippen molar-refractivity contribution in [2.24, 2.45) is 0 Å². The third kappa shape index (κ3) is 4.32. The molecule has 30 heavy (non-hydrogen) atoms. The van der Waals surface area contributed by atoms with Crippen LogP contribution in [0.2, 0.25) is 0 Å². The van der Waals surface area contributed by atoms with Gasteiger partial charge in [-0.2, -0.15) is 18.3 Å². The summed E-state index contributed by atoms with van der Waals surface area (Å²) in [5, 5.41) is 8.82. The summed E-state index contributed by atoms with van der Waals surface area (Å²) >= 11 is 0. The fraction of sp³-hybridized carbons (Fsp3) is 0.200. The van der Waals surface area contributed by atoms with E-state index in [0.717, 1.165) is 17.0 Å². The number of para-hydroxylation sites is 1. The Morgan fingerprint density at radius 3 is 2.37 bits per heavy atom. The summed E-state index contributed by atoms with van der Waals surface area (Å²) in [6, 6.07) is 10.9. The number of hydrogen-bond donors (Lipinski definition) is 2. The van der Waals surface area contributed by atoms with E-state index in [1.165, 1.54) is 18.2 Å². The minimum Gasteiger partial charge on any atom is -0.328 e. The van der Waals surface area contributed by atoms with Crippen LogP contribution < -0.4 is 10.9 Å². The molecule has 3 rings (SSSR count). The second-order valence-electron chi connectivity index (χ2n) is 6.36. The Bertz CT molecular complexity index is 1160. The Labute approximate surface area is 168 Å². The van der Waals surface area contributed by atoms with E-state index in [4.69, 9.17) is 0 Å². The number of nitrogens with zero attached hydrogens (tertiary/aromatic N) is 2. The lowest BCUT2D eigenvalue weighted by molar-refractivity contribution is -0.137. The first kappa shape index (κ1) is 21.0. The molecular weight excluding hydrogens is 401 g/mol. The Morgan fingerprint density at radius 2 is 1.70 bits per heavy atom. The van der Waals surface area contributed by atoms with Crippen LogP contribution in [-0.4, -0.2) is 40.0 Å². The normalized spacial score (nSPS) is 11.3. The average Bonchev–Trinajstić information content (AvgIpc) is 2.71. The molecule has 3 aromatic rings. The summed E-state index contributed by atoms with van der Waals surface area (Å²) in [6.07, 6.45) is -4.64. The Balaban J connectivity index is 1.83. The Morgan fingerprint density at radius 1 is 1.07 bits per heavy atom. The third-order valence-corrected chi connectivity index (χ3v) is 4.41. The topological polar surface area (TPSA) is 95.2 Å². The van der Waals surface area contributed by atoms with Gasteiger partial charge in [-0.05, 0) is 25.1 Å². The van der Waals surface area contributed by atoms with Crippen molar-refractivity contribution in [1.82, 2.24) is 15.1 Å². The molecule has 0 aliphatic carbocycles. The number of benzene rings is 2. The van der Waals surface area contributed by atoms with Gasteiger partial charge < -0.3 is 10.2 Å². The van der Waals surface area contributed by atoms with Crippen molar-refractivity contribution >= 4 is 28.3 Å². The van der Waals surface area contributed by atoms with Crippen molar-refractivity contribution in [3.05, 3.63) is 70.1 Å². The minimum absolute atomic E-state index is 0.0597. The van der Waals surface area contributed by atoms with Gasteiger partial charge in [-0.25, -0.2) is 5.10 Å². The highest BCUT2D eigenvalue weighted by Crippen LogP contribution is 2.34. The highest BCUT2D eigenvalue weighted by molar-refractivity contribution is 6.06. The average molecular weight is 418 g/mol. The zero-order chi connectivity index (χ0) is 21.9. The summed E-state index contributed by atoms with van der Waals surface area (Å²) in [6.45, 7) is 1.22. The smallest absolute Gasteiger partial charge is 0.328 e. The number of fused-ring (bicyclic) bond motifs is 1. The van der Waals surface area contributed by atoms with E-state index in [0.29, 0.717) is 5.39 Å². The molecule has 0 fully saturated rings. The van der Waals surface area contributed by atoms with Crippen LogP contribution in [0, 0.1) is 0 Å². The quantitative estimate of drug-likeness (QED) is 0.666. The predicted octanol–water partition coefficient (Wildman–Crippen LogP) is 3.04. The molecule has 7 nitrogen and oxygen atoms in total. The third-order valence-electron chi connectivity index (χ3n) is 4.41. The van der Waals surface area contributed by atoms with E-state index < -0.39 is 41.3 Å². The maximum atomic E-state index is 13.1. The number of hydrogen-bond acceptors (Lipinski definition) is 4. The number of carbonyl (C=O) groups excluding carboxylic acids is 2. The molecule has 0 saturated heterocycles. The molecule has 0 aliphatic rings. The van der Waals surface area contributed by atoms with Gasteiger partial charge in [0, 0.05) is 11.9 Å². The van der Waals surface area contributed by atoms with Gasteiger partial charge in [0.15, 0.2) is 5.69 Å². The minimum atomic E-state index is -4.64. The highest BCUT2D eigenvalue weighted by Gasteiger charge is 2.33. The zero-order valence-corrected chi connectivity index (χ0v) is 15.8. The van der Waals surface area contributed by atoms with Crippen molar-refractivity contribution < 1.29 is 22.8 Å². The SMILES string of the molecule is CCN(CC(=O)Nc1ccccc1C(F)(F)F)C(=O)c1n[nH]c(=O)c2ccccc12. The number of aromatic amines is 1. The van der Waals surface area contributed by atoms with Gasteiger partial charge in [0.1, 0.15) is 6.54 Å². The highest BCUT2D eigenvalue weighted by atomic mass is 19.4. The van der Waals surface area contributed by atoms with Crippen LogP contribution in [0.4, 0.5) is 18.9 Å². The number of amides is 2. The van der Waals surface area contributed by atoms with Gasteiger partial charge in [-0.1, -0.05) is 30.3 Å². The summed E-state index contributed by atoms with van der Waals surface area (Å²) in [7, 11) is 0. The predicted molar refractivity (Wildman–Crippen MR) is 104 cm³/mol. The fourth-order valence-electron chi connectivity index (χ4n) is 2.96. The maximum Gasteiger partial charge on any atom is 0.418 e. The number of likely N-dealkylation sites (N-methyl/N-ethyl adjacent to an activating group) is 1. The molecule has 10 heteroatoms. The summed E-state index contributed by atoms with van der Waals surface area (Å²) in [5.74, 6) is -1.43. The van der Waals surface area contributed by atoms with Crippen LogP contribution >= 0.6 is 0 Å². The van der Waals surface area contributed by atoms with E-state index in [1.807, 2.05) is 0 Å². The van der Waals surface area contributed by atoms with Gasteiger partial charge in [-0.3, -0.25) is 14.4 Å². The van der Waals surface area contributed by atoms with E-state index in [9.17, 15) is 27.6 Å². The molecule has 2 N–H and O–H groups in total. The van der Waals surface area contributed by atoms with Crippen molar-refractivity contribution in [3.8, 4) is 0 Å². The van der Waals surface area contributed by atoms with E-state index in [2.05, 4.69) is 15.5 Å². The molecule has 0 unspecified atom stereocenters. The van der Waals surface area contributed by atoms with Gasteiger partial charge in [0.2, 0.25) is 5.91 Å². The van der Waals surface area contributed by atoms with E-state index in [-0.39, 0.29) is 17.6 Å². The van der Waals surface area contributed by atoms with Gasteiger partial charge >= 0.3 is 6.18 Å². The van der Waals surface area contributed by atoms with Crippen molar-refractivity contribution in [1.29, 1.82) is 0 Å². The van der Waals surface area contributed by atoms with Gasteiger partial charge in [-0.15, -0.1) is 0 Å². The van der Waals surface area contributed by atoms with Gasteiger partial charge in [0.25, 0.3) is 11.5 Å². The van der Waals surface area contributed by atoms with Crippen LogP contribution in [0.3, 0.4) is 0 Å². The largest absolute Gasteiger partial charge is 0.418 e. The van der Waals surface area contributed by atoms with Crippen LogP contribution in [0.1, 0.15) is 23.0 Å². The first-order chi connectivity index (χ1) is 14.2. The molecule has 0 bridgehead atoms. The molecule has 1 heterocycles. The molecule has 156 valence electrons. The molecule has 0 saturated carbocycles. The molecular formula is C20H17F3N4O3. The van der Waals surface area contributed by atoms with Crippen molar-refractivity contribution in [2.75, 3.05) is 18.4 Å². The maximum absolute atomic E-state index is 13.1.